The molecule has 3 aromatic rings. The van der Waals surface area contributed by atoms with E-state index in [0.717, 1.165) is 70.0 Å². The quantitative estimate of drug-likeness (QED) is 0.532. The second kappa shape index (κ2) is 11.2. The van der Waals surface area contributed by atoms with Crippen molar-refractivity contribution in [2.45, 2.75) is 39.2 Å². The molecule has 2 heterocycles. The average Bonchev–Trinajstić information content (AvgIpc) is 3.17. The van der Waals surface area contributed by atoms with Crippen molar-refractivity contribution >= 4 is 16.9 Å². The monoisotopic (exact) mass is 434 g/mol. The first kappa shape index (κ1) is 22.5. The van der Waals surface area contributed by atoms with Crippen molar-refractivity contribution in [3.8, 4) is 0 Å². The third kappa shape index (κ3) is 6.17. The molecular weight excluding hydrogens is 400 g/mol. The van der Waals surface area contributed by atoms with Gasteiger partial charge >= 0.3 is 0 Å². The molecule has 1 saturated heterocycles. The zero-order valence-electron chi connectivity index (χ0n) is 19.1. The highest BCUT2D eigenvalue weighted by Crippen LogP contribution is 2.17. The van der Waals surface area contributed by atoms with E-state index in [4.69, 9.17) is 9.72 Å². The Balaban J connectivity index is 1.27. The molecule has 1 aromatic heterocycles. The molecule has 0 saturated carbocycles. The molecule has 1 N–H and O–H groups in total. The molecule has 2 aromatic carbocycles. The molecule has 1 fully saturated rings. The first-order chi connectivity index (χ1) is 15.7. The molecule has 6 nitrogen and oxygen atoms in total. The van der Waals surface area contributed by atoms with Crippen LogP contribution in [0.15, 0.2) is 48.5 Å². The van der Waals surface area contributed by atoms with Gasteiger partial charge in [-0.3, -0.25) is 9.69 Å². The molecule has 0 spiro atoms. The van der Waals surface area contributed by atoms with Gasteiger partial charge in [0.05, 0.1) is 24.2 Å². The van der Waals surface area contributed by atoms with Gasteiger partial charge in [0.25, 0.3) is 0 Å². The van der Waals surface area contributed by atoms with Crippen LogP contribution in [0.2, 0.25) is 0 Å². The number of fused-ring (bicyclic) bond motifs is 1. The molecule has 170 valence electrons. The van der Waals surface area contributed by atoms with E-state index in [1.807, 2.05) is 6.07 Å². The highest BCUT2D eigenvalue weighted by molar-refractivity contribution is 5.76. The van der Waals surface area contributed by atoms with E-state index in [1.54, 1.807) is 0 Å². The molecule has 0 bridgehead atoms. The first-order valence-electron chi connectivity index (χ1n) is 11.8. The Morgan fingerprint density at radius 1 is 1.03 bits per heavy atom. The number of benzene rings is 2. The van der Waals surface area contributed by atoms with Crippen LogP contribution in [0.4, 0.5) is 0 Å². The topological polar surface area (TPSA) is 59.4 Å². The number of carbonyl (C=O) groups excluding carboxylic acids is 1. The predicted molar refractivity (Wildman–Crippen MR) is 128 cm³/mol. The Hall–Kier alpha value is -2.70. The van der Waals surface area contributed by atoms with Crippen molar-refractivity contribution in [3.63, 3.8) is 0 Å². The lowest BCUT2D eigenvalue weighted by molar-refractivity contribution is -0.121. The lowest BCUT2D eigenvalue weighted by atomic mass is 10.1. The predicted octanol–water partition coefficient (Wildman–Crippen LogP) is 3.36. The summed E-state index contributed by atoms with van der Waals surface area (Å²) in [5, 5.41) is 3.08. The summed E-state index contributed by atoms with van der Waals surface area (Å²) < 4.78 is 7.78. The van der Waals surface area contributed by atoms with E-state index in [2.05, 4.69) is 64.2 Å². The van der Waals surface area contributed by atoms with Crippen LogP contribution in [-0.2, 0) is 28.9 Å². The number of ether oxygens (including phenoxy) is 1. The summed E-state index contributed by atoms with van der Waals surface area (Å²) in [6.45, 7) is 8.20. The number of carbonyl (C=O) groups is 1. The van der Waals surface area contributed by atoms with Gasteiger partial charge in [0.1, 0.15) is 5.82 Å². The number of nitrogens with zero attached hydrogens (tertiary/aromatic N) is 3. The summed E-state index contributed by atoms with van der Waals surface area (Å²) in [6, 6.07) is 16.8. The van der Waals surface area contributed by atoms with Gasteiger partial charge in [-0.15, -0.1) is 0 Å². The minimum Gasteiger partial charge on any atom is -0.379 e. The number of nitrogens with one attached hydrogen (secondary N) is 1. The van der Waals surface area contributed by atoms with E-state index in [-0.39, 0.29) is 5.91 Å². The molecular formula is C26H34N4O2. The Labute approximate surface area is 190 Å². The van der Waals surface area contributed by atoms with Crippen LogP contribution in [0, 0.1) is 6.92 Å². The number of aromatic nitrogens is 2. The van der Waals surface area contributed by atoms with Crippen molar-refractivity contribution in [1.82, 2.24) is 19.8 Å². The maximum absolute atomic E-state index is 12.3. The summed E-state index contributed by atoms with van der Waals surface area (Å²) >= 11 is 0. The third-order valence-corrected chi connectivity index (χ3v) is 6.14. The summed E-state index contributed by atoms with van der Waals surface area (Å²) in [5.41, 5.74) is 4.74. The highest BCUT2D eigenvalue weighted by atomic mass is 16.5. The zero-order valence-corrected chi connectivity index (χ0v) is 19.1. The summed E-state index contributed by atoms with van der Waals surface area (Å²) in [6.07, 6.45) is 3.10. The minimum atomic E-state index is 0.119. The fourth-order valence-electron chi connectivity index (χ4n) is 4.24. The average molecular weight is 435 g/mol. The van der Waals surface area contributed by atoms with Crippen molar-refractivity contribution in [3.05, 3.63) is 65.5 Å². The number of aryl methyl sites for hydroxylation is 2. The third-order valence-electron chi connectivity index (χ3n) is 6.14. The van der Waals surface area contributed by atoms with Crippen LogP contribution in [0.5, 0.6) is 0 Å². The first-order valence-corrected chi connectivity index (χ1v) is 11.8. The van der Waals surface area contributed by atoms with Crippen molar-refractivity contribution < 1.29 is 9.53 Å². The molecule has 1 aliphatic heterocycles. The minimum absolute atomic E-state index is 0.119. The van der Waals surface area contributed by atoms with Crippen molar-refractivity contribution in [2.75, 3.05) is 39.4 Å². The molecule has 6 heteroatoms. The normalized spacial score (nSPS) is 14.7. The SMILES string of the molecule is Cc1ccc(CCCC(=O)NCCc2nc3ccccc3n2CCN2CCOCC2)cc1. The molecule has 0 atom stereocenters. The van der Waals surface area contributed by atoms with E-state index < -0.39 is 0 Å². The Kier molecular flexibility index (Phi) is 7.91. The lowest BCUT2D eigenvalue weighted by Crippen LogP contribution is -2.38. The summed E-state index contributed by atoms with van der Waals surface area (Å²) in [4.78, 5) is 19.6. The fraction of sp³-hybridized carbons (Fsp3) is 0.462. The number of rotatable bonds is 10. The Morgan fingerprint density at radius 2 is 1.81 bits per heavy atom. The highest BCUT2D eigenvalue weighted by Gasteiger charge is 2.14. The van der Waals surface area contributed by atoms with Crippen LogP contribution in [0.25, 0.3) is 11.0 Å². The molecule has 0 radical (unpaired) electrons. The van der Waals surface area contributed by atoms with Gasteiger partial charge in [0, 0.05) is 45.6 Å². The number of hydrogen-bond acceptors (Lipinski definition) is 4. The largest absolute Gasteiger partial charge is 0.379 e. The van der Waals surface area contributed by atoms with Crippen LogP contribution in [0.1, 0.15) is 29.8 Å². The second-order valence-electron chi connectivity index (χ2n) is 8.56. The van der Waals surface area contributed by atoms with Gasteiger partial charge in [0.2, 0.25) is 5.91 Å². The molecule has 0 aliphatic carbocycles. The van der Waals surface area contributed by atoms with E-state index >= 15 is 0 Å². The molecule has 1 aliphatic rings. The maximum Gasteiger partial charge on any atom is 0.220 e. The molecule has 1 amide bonds. The number of hydrogen-bond donors (Lipinski definition) is 1. The number of amides is 1. The summed E-state index contributed by atoms with van der Waals surface area (Å²) in [7, 11) is 0. The maximum atomic E-state index is 12.3. The van der Waals surface area contributed by atoms with Crippen LogP contribution in [0.3, 0.4) is 0 Å². The van der Waals surface area contributed by atoms with Gasteiger partial charge in [0.15, 0.2) is 0 Å². The second-order valence-corrected chi connectivity index (χ2v) is 8.56. The summed E-state index contributed by atoms with van der Waals surface area (Å²) in [5.74, 6) is 1.16. The van der Waals surface area contributed by atoms with Gasteiger partial charge in [-0.05, 0) is 37.5 Å². The van der Waals surface area contributed by atoms with Gasteiger partial charge in [-0.1, -0.05) is 42.0 Å². The van der Waals surface area contributed by atoms with E-state index in [1.165, 1.54) is 16.6 Å². The van der Waals surface area contributed by atoms with Crippen LogP contribution in [-0.4, -0.2) is 59.8 Å². The standard InChI is InChI=1S/C26H34N4O2/c1-21-9-11-22(12-10-21)5-4-8-26(31)27-14-13-25-28-23-6-2-3-7-24(23)30(25)16-15-29-17-19-32-20-18-29/h2-3,6-7,9-12H,4-5,8,13-20H2,1H3,(H,27,31). The van der Waals surface area contributed by atoms with E-state index in [9.17, 15) is 4.79 Å². The lowest BCUT2D eigenvalue weighted by Gasteiger charge is -2.27. The van der Waals surface area contributed by atoms with Crippen molar-refractivity contribution in [1.29, 1.82) is 0 Å². The molecule has 32 heavy (non-hydrogen) atoms. The smallest absolute Gasteiger partial charge is 0.220 e. The number of imidazole rings is 1. The number of para-hydroxylation sites is 2. The van der Waals surface area contributed by atoms with Gasteiger partial charge < -0.3 is 14.6 Å². The zero-order chi connectivity index (χ0) is 22.2. The van der Waals surface area contributed by atoms with Crippen LogP contribution < -0.4 is 5.32 Å². The Bertz CT molecular complexity index is 1010. The Morgan fingerprint density at radius 3 is 2.62 bits per heavy atom. The van der Waals surface area contributed by atoms with Gasteiger partial charge in [-0.25, -0.2) is 4.98 Å². The number of morpholine rings is 1. The van der Waals surface area contributed by atoms with Crippen molar-refractivity contribution in [2.24, 2.45) is 0 Å². The molecule has 0 unspecified atom stereocenters. The van der Waals surface area contributed by atoms with E-state index in [0.29, 0.717) is 13.0 Å². The fourth-order valence-corrected chi connectivity index (χ4v) is 4.24. The van der Waals surface area contributed by atoms with Gasteiger partial charge in [-0.2, -0.15) is 0 Å². The molecule has 4 rings (SSSR count). The van der Waals surface area contributed by atoms with Crippen LogP contribution >= 0.6 is 0 Å².